The first-order chi connectivity index (χ1) is 10.2. The Balaban J connectivity index is 2.02. The molecule has 4 aromatic rings. The average Bonchev–Trinajstić information content (AvgIpc) is 2.81. The predicted octanol–water partition coefficient (Wildman–Crippen LogP) is 3.44. The minimum atomic E-state index is 0.576. The van der Waals surface area contributed by atoms with Crippen LogP contribution in [-0.2, 0) is 0 Å². The van der Waals surface area contributed by atoms with E-state index in [1.807, 2.05) is 47.9 Å². The molecule has 1 aromatic carbocycles. The number of aryl methyl sites for hydroxylation is 1. The zero-order valence-corrected chi connectivity index (χ0v) is 11.6. The number of pyridine rings is 2. The number of aromatic nitrogens is 3. The number of rotatable bonds is 1. The van der Waals surface area contributed by atoms with Crippen molar-refractivity contribution in [2.24, 2.45) is 0 Å². The maximum Gasteiger partial charge on any atom is 0.145 e. The van der Waals surface area contributed by atoms with Crippen LogP contribution in [0, 0.1) is 6.92 Å². The minimum Gasteiger partial charge on any atom is -0.382 e. The van der Waals surface area contributed by atoms with Gasteiger partial charge >= 0.3 is 0 Å². The lowest BCUT2D eigenvalue weighted by atomic mass is 10.0. The molecule has 0 aliphatic rings. The SMILES string of the molecule is Cc1c(N)nc2ccc(-c3ccnc4ccccc34)cn12. The van der Waals surface area contributed by atoms with Crippen molar-refractivity contribution in [3.63, 3.8) is 0 Å². The molecule has 4 heteroatoms. The molecule has 4 rings (SSSR count). The second-order valence-electron chi connectivity index (χ2n) is 5.10. The van der Waals surface area contributed by atoms with Gasteiger partial charge in [-0.25, -0.2) is 4.98 Å². The topological polar surface area (TPSA) is 56.2 Å². The largest absolute Gasteiger partial charge is 0.382 e. The van der Waals surface area contributed by atoms with Crippen molar-refractivity contribution in [2.75, 3.05) is 5.73 Å². The van der Waals surface area contributed by atoms with E-state index >= 15 is 0 Å². The Morgan fingerprint density at radius 3 is 2.81 bits per heavy atom. The molecule has 0 spiro atoms. The second-order valence-corrected chi connectivity index (χ2v) is 5.10. The molecule has 0 aliphatic heterocycles. The molecule has 0 radical (unpaired) electrons. The summed E-state index contributed by atoms with van der Waals surface area (Å²) < 4.78 is 2.03. The van der Waals surface area contributed by atoms with Gasteiger partial charge in [-0.05, 0) is 42.3 Å². The maximum atomic E-state index is 5.89. The Morgan fingerprint density at radius 1 is 1.05 bits per heavy atom. The summed E-state index contributed by atoms with van der Waals surface area (Å²) in [6.07, 6.45) is 3.92. The van der Waals surface area contributed by atoms with Crippen molar-refractivity contribution in [3.8, 4) is 11.1 Å². The number of imidazole rings is 1. The summed E-state index contributed by atoms with van der Waals surface area (Å²) in [6, 6.07) is 14.3. The first-order valence-corrected chi connectivity index (χ1v) is 6.82. The summed E-state index contributed by atoms with van der Waals surface area (Å²) in [5.41, 5.74) is 11.0. The minimum absolute atomic E-state index is 0.576. The highest BCUT2D eigenvalue weighted by molar-refractivity contribution is 5.94. The number of hydrogen-bond donors (Lipinski definition) is 1. The molecule has 0 bridgehead atoms. The van der Waals surface area contributed by atoms with E-state index in [4.69, 9.17) is 5.73 Å². The van der Waals surface area contributed by atoms with E-state index in [0.717, 1.165) is 33.4 Å². The van der Waals surface area contributed by atoms with E-state index in [-0.39, 0.29) is 0 Å². The fourth-order valence-corrected chi connectivity index (χ4v) is 2.69. The van der Waals surface area contributed by atoms with E-state index < -0.39 is 0 Å². The molecule has 102 valence electrons. The molecule has 2 N–H and O–H groups in total. The fraction of sp³-hybridized carbons (Fsp3) is 0.0588. The molecule has 0 atom stereocenters. The predicted molar refractivity (Wildman–Crippen MR) is 85.1 cm³/mol. The van der Waals surface area contributed by atoms with Gasteiger partial charge in [0.15, 0.2) is 0 Å². The van der Waals surface area contributed by atoms with Crippen molar-refractivity contribution < 1.29 is 0 Å². The van der Waals surface area contributed by atoms with E-state index in [1.54, 1.807) is 0 Å². The Hall–Kier alpha value is -2.88. The van der Waals surface area contributed by atoms with Crippen molar-refractivity contribution in [1.29, 1.82) is 0 Å². The van der Waals surface area contributed by atoms with E-state index in [9.17, 15) is 0 Å². The zero-order chi connectivity index (χ0) is 14.4. The van der Waals surface area contributed by atoms with Gasteiger partial charge in [0.25, 0.3) is 0 Å². The number of nitrogens with two attached hydrogens (primary N) is 1. The van der Waals surface area contributed by atoms with Crippen molar-refractivity contribution in [1.82, 2.24) is 14.4 Å². The number of anilines is 1. The summed E-state index contributed by atoms with van der Waals surface area (Å²) in [7, 11) is 0. The third kappa shape index (κ3) is 1.76. The van der Waals surface area contributed by atoms with Gasteiger partial charge in [0.2, 0.25) is 0 Å². The second kappa shape index (κ2) is 4.31. The molecule has 0 aliphatic carbocycles. The highest BCUT2D eigenvalue weighted by Crippen LogP contribution is 2.28. The van der Waals surface area contributed by atoms with Gasteiger partial charge in [-0.1, -0.05) is 18.2 Å². The van der Waals surface area contributed by atoms with Crippen molar-refractivity contribution >= 4 is 22.4 Å². The number of fused-ring (bicyclic) bond motifs is 2. The highest BCUT2D eigenvalue weighted by Gasteiger charge is 2.08. The van der Waals surface area contributed by atoms with Crippen LogP contribution in [-0.4, -0.2) is 14.4 Å². The van der Waals surface area contributed by atoms with Crippen LogP contribution in [0.1, 0.15) is 5.69 Å². The number of nitrogens with zero attached hydrogens (tertiary/aromatic N) is 3. The summed E-state index contributed by atoms with van der Waals surface area (Å²) in [4.78, 5) is 8.75. The van der Waals surface area contributed by atoms with Gasteiger partial charge in [-0.3, -0.25) is 4.98 Å². The fourth-order valence-electron chi connectivity index (χ4n) is 2.69. The highest BCUT2D eigenvalue weighted by atomic mass is 15.1. The molecule has 4 nitrogen and oxygen atoms in total. The van der Waals surface area contributed by atoms with E-state index in [0.29, 0.717) is 5.82 Å². The summed E-state index contributed by atoms with van der Waals surface area (Å²) in [5, 5.41) is 1.14. The first-order valence-electron chi connectivity index (χ1n) is 6.82. The monoisotopic (exact) mass is 274 g/mol. The summed E-state index contributed by atoms with van der Waals surface area (Å²) in [6.45, 7) is 1.98. The van der Waals surface area contributed by atoms with Crippen LogP contribution in [0.15, 0.2) is 54.9 Å². The quantitative estimate of drug-likeness (QED) is 0.578. The average molecular weight is 274 g/mol. The molecular weight excluding hydrogens is 260 g/mol. The van der Waals surface area contributed by atoms with E-state index in [1.165, 1.54) is 0 Å². The molecule has 3 aromatic heterocycles. The summed E-state index contributed by atoms with van der Waals surface area (Å²) >= 11 is 0. The van der Waals surface area contributed by atoms with Crippen LogP contribution in [0.5, 0.6) is 0 Å². The standard InChI is InChI=1S/C17H14N4/c1-11-17(18)20-16-7-6-12(10-21(11)16)13-8-9-19-15-5-3-2-4-14(13)15/h2-10H,18H2,1H3. The molecular formula is C17H14N4. The lowest BCUT2D eigenvalue weighted by molar-refractivity contribution is 1.11. The Morgan fingerprint density at radius 2 is 1.90 bits per heavy atom. The van der Waals surface area contributed by atoms with Crippen molar-refractivity contribution in [2.45, 2.75) is 6.92 Å². The molecule has 0 saturated carbocycles. The van der Waals surface area contributed by atoms with Crippen LogP contribution >= 0.6 is 0 Å². The smallest absolute Gasteiger partial charge is 0.145 e. The van der Waals surface area contributed by atoms with Crippen LogP contribution in [0.4, 0.5) is 5.82 Å². The normalized spacial score (nSPS) is 11.3. The van der Waals surface area contributed by atoms with Gasteiger partial charge in [-0.15, -0.1) is 0 Å². The van der Waals surface area contributed by atoms with Crippen LogP contribution in [0.2, 0.25) is 0 Å². The van der Waals surface area contributed by atoms with Gasteiger partial charge in [0.1, 0.15) is 11.5 Å². The lowest BCUT2D eigenvalue weighted by Gasteiger charge is -2.07. The Labute approximate surface area is 121 Å². The van der Waals surface area contributed by atoms with Gasteiger partial charge < -0.3 is 10.1 Å². The maximum absolute atomic E-state index is 5.89. The molecule has 0 fully saturated rings. The molecule has 21 heavy (non-hydrogen) atoms. The number of para-hydroxylation sites is 1. The van der Waals surface area contributed by atoms with Crippen LogP contribution in [0.25, 0.3) is 27.7 Å². The van der Waals surface area contributed by atoms with Gasteiger partial charge in [-0.2, -0.15) is 0 Å². The van der Waals surface area contributed by atoms with Crippen molar-refractivity contribution in [3.05, 3.63) is 60.6 Å². The molecule has 0 saturated heterocycles. The molecule has 0 unspecified atom stereocenters. The number of benzene rings is 1. The Kier molecular flexibility index (Phi) is 2.44. The lowest BCUT2D eigenvalue weighted by Crippen LogP contribution is -1.91. The summed E-state index contributed by atoms with van der Waals surface area (Å²) in [5.74, 6) is 0.576. The van der Waals surface area contributed by atoms with Crippen LogP contribution < -0.4 is 5.73 Å². The van der Waals surface area contributed by atoms with Gasteiger partial charge in [0, 0.05) is 17.8 Å². The van der Waals surface area contributed by atoms with E-state index in [2.05, 4.69) is 28.3 Å². The third-order valence-electron chi connectivity index (χ3n) is 3.85. The van der Waals surface area contributed by atoms with Crippen LogP contribution in [0.3, 0.4) is 0 Å². The molecule has 3 heterocycles. The number of hydrogen-bond acceptors (Lipinski definition) is 3. The third-order valence-corrected chi connectivity index (χ3v) is 3.85. The zero-order valence-electron chi connectivity index (χ0n) is 11.6. The molecule has 0 amide bonds. The van der Waals surface area contributed by atoms with Gasteiger partial charge in [0.05, 0.1) is 11.2 Å². The Bertz CT molecular complexity index is 964. The number of nitrogen functional groups attached to an aromatic ring is 1. The first kappa shape index (κ1) is 11.9.